The maximum Gasteiger partial charge on any atom is 0.472 e. The second kappa shape index (κ2) is 32.0. The monoisotopic (exact) mass is 668 g/mol. The number of hydrogen-bond acceptors (Lipinski definition) is 9. The normalized spacial score (nSPS) is 15.1. The first-order valence-electron chi connectivity index (χ1n) is 18.1. The van der Waals surface area contributed by atoms with E-state index < -0.39 is 52.1 Å². The van der Waals surface area contributed by atoms with E-state index >= 15 is 0 Å². The van der Waals surface area contributed by atoms with E-state index in [1.54, 1.807) is 0 Å². The van der Waals surface area contributed by atoms with Crippen LogP contribution >= 0.6 is 7.82 Å². The molecule has 0 saturated carbocycles. The highest BCUT2D eigenvalue weighted by atomic mass is 31.2. The molecule has 0 spiro atoms. The van der Waals surface area contributed by atoms with Gasteiger partial charge in [-0.05, 0) is 19.3 Å². The van der Waals surface area contributed by atoms with Crippen LogP contribution in [0.25, 0.3) is 0 Å². The first-order valence-corrected chi connectivity index (χ1v) is 19.6. The Hall–Kier alpha value is -0.580. The van der Waals surface area contributed by atoms with Crippen LogP contribution in [-0.4, -0.2) is 71.1 Å². The molecule has 0 aromatic carbocycles. The Balaban J connectivity index is 4.34. The maximum absolute atomic E-state index is 12.5. The van der Waals surface area contributed by atoms with Gasteiger partial charge in [0.1, 0.15) is 12.2 Å². The van der Waals surface area contributed by atoms with Gasteiger partial charge in [-0.15, -0.1) is 0 Å². The SMILES string of the molecule is CCCCCCCCCCCCCCCC(O)OC[C@H](COP(=O)(O)OC[C@@H](O)CO)OC(=O)CCCCCCCCCCC. The smallest absolute Gasteiger partial charge is 0.457 e. The fraction of sp³-hybridized carbons (Fsp3) is 0.971. The molecule has 0 fully saturated rings. The Morgan fingerprint density at radius 1 is 0.622 bits per heavy atom. The summed E-state index contributed by atoms with van der Waals surface area (Å²) in [6.45, 7) is 2.52. The van der Waals surface area contributed by atoms with Crippen molar-refractivity contribution in [2.24, 2.45) is 0 Å². The molecule has 4 N–H and O–H groups in total. The lowest BCUT2D eigenvalue weighted by Gasteiger charge is -2.22. The van der Waals surface area contributed by atoms with Crippen molar-refractivity contribution in [2.45, 2.75) is 186 Å². The van der Waals surface area contributed by atoms with E-state index in [-0.39, 0.29) is 13.0 Å². The summed E-state index contributed by atoms with van der Waals surface area (Å²) in [6.07, 6.45) is 23.3. The van der Waals surface area contributed by atoms with Crippen molar-refractivity contribution in [3.8, 4) is 0 Å². The number of aliphatic hydroxyl groups is 3. The highest BCUT2D eigenvalue weighted by Crippen LogP contribution is 2.43. The summed E-state index contributed by atoms with van der Waals surface area (Å²) >= 11 is 0. The lowest BCUT2D eigenvalue weighted by molar-refractivity contribution is -0.166. The summed E-state index contributed by atoms with van der Waals surface area (Å²) < 4.78 is 32.8. The van der Waals surface area contributed by atoms with Gasteiger partial charge in [-0.1, -0.05) is 142 Å². The molecule has 0 radical (unpaired) electrons. The quantitative estimate of drug-likeness (QED) is 0.0225. The van der Waals surface area contributed by atoms with E-state index in [1.165, 1.54) is 96.3 Å². The summed E-state index contributed by atoms with van der Waals surface area (Å²) in [5, 5.41) is 28.5. The fourth-order valence-electron chi connectivity index (χ4n) is 5.03. The number of aliphatic hydroxyl groups excluding tert-OH is 3. The van der Waals surface area contributed by atoms with Crippen LogP contribution in [0.1, 0.15) is 168 Å². The summed E-state index contributed by atoms with van der Waals surface area (Å²) in [7, 11) is -4.57. The molecule has 45 heavy (non-hydrogen) atoms. The zero-order valence-corrected chi connectivity index (χ0v) is 29.6. The van der Waals surface area contributed by atoms with Crippen LogP contribution in [0.4, 0.5) is 0 Å². The minimum Gasteiger partial charge on any atom is -0.457 e. The summed E-state index contributed by atoms with van der Waals surface area (Å²) in [4.78, 5) is 22.4. The molecule has 10 nitrogen and oxygen atoms in total. The average molecular weight is 669 g/mol. The van der Waals surface area contributed by atoms with Crippen LogP contribution in [0.2, 0.25) is 0 Å². The molecule has 0 amide bonds. The number of unbranched alkanes of at least 4 members (excludes halogenated alkanes) is 20. The number of carbonyl (C=O) groups excluding carboxylic acids is 1. The summed E-state index contributed by atoms with van der Waals surface area (Å²) in [5.41, 5.74) is 0. The van der Waals surface area contributed by atoms with Crippen molar-refractivity contribution < 1.29 is 48.1 Å². The lowest BCUT2D eigenvalue weighted by atomic mass is 10.0. The standard InChI is InChI=1S/C34H69O10P/c1-3-5-7-9-11-13-14-15-16-18-19-21-23-25-33(37)41-29-32(30-43-45(39,40)42-28-31(36)27-35)44-34(38)26-24-22-20-17-12-10-8-6-4-2/h31-33,35-37H,3-30H2,1-2H3,(H,39,40)/t31-,32+,33?/m0/s1. The third-order valence-corrected chi connectivity index (χ3v) is 8.83. The average Bonchev–Trinajstić information content (AvgIpc) is 3.02. The fourth-order valence-corrected chi connectivity index (χ4v) is 5.82. The first kappa shape index (κ1) is 44.4. The molecule has 0 saturated heterocycles. The van der Waals surface area contributed by atoms with Crippen LogP contribution in [0, 0.1) is 0 Å². The summed E-state index contributed by atoms with van der Waals surface area (Å²) in [5.74, 6) is -0.467. The number of ether oxygens (including phenoxy) is 2. The predicted molar refractivity (Wildman–Crippen MR) is 179 cm³/mol. The van der Waals surface area contributed by atoms with Crippen molar-refractivity contribution in [3.05, 3.63) is 0 Å². The van der Waals surface area contributed by atoms with Gasteiger partial charge in [-0.2, -0.15) is 0 Å². The van der Waals surface area contributed by atoms with Crippen LogP contribution in [0.15, 0.2) is 0 Å². The molecule has 0 aromatic rings. The van der Waals surface area contributed by atoms with Gasteiger partial charge in [0.15, 0.2) is 6.29 Å². The van der Waals surface area contributed by atoms with E-state index in [1.807, 2.05) is 0 Å². The van der Waals surface area contributed by atoms with Crippen LogP contribution in [0.5, 0.6) is 0 Å². The van der Waals surface area contributed by atoms with E-state index in [0.717, 1.165) is 38.5 Å². The molecule has 0 heterocycles. The Labute approximate surface area is 274 Å². The Morgan fingerprint density at radius 2 is 1.04 bits per heavy atom. The number of phosphoric ester groups is 1. The highest BCUT2D eigenvalue weighted by molar-refractivity contribution is 7.47. The summed E-state index contributed by atoms with van der Waals surface area (Å²) in [6, 6.07) is 0. The Kier molecular flexibility index (Phi) is 31.6. The molecule has 0 aliphatic rings. The van der Waals surface area contributed by atoms with Crippen LogP contribution in [0.3, 0.4) is 0 Å². The van der Waals surface area contributed by atoms with Gasteiger partial charge >= 0.3 is 13.8 Å². The molecule has 270 valence electrons. The topological polar surface area (TPSA) is 152 Å². The Bertz CT molecular complexity index is 696. The van der Waals surface area contributed by atoms with Gasteiger partial charge in [0.05, 0.1) is 26.4 Å². The number of carbonyl (C=O) groups is 1. The molecular weight excluding hydrogens is 599 g/mol. The number of rotatable bonds is 35. The maximum atomic E-state index is 12.5. The third-order valence-electron chi connectivity index (χ3n) is 7.88. The third kappa shape index (κ3) is 31.8. The first-order chi connectivity index (χ1) is 21.7. The largest absolute Gasteiger partial charge is 0.472 e. The van der Waals surface area contributed by atoms with Gasteiger partial charge in [0.2, 0.25) is 0 Å². The zero-order chi connectivity index (χ0) is 33.4. The molecule has 0 rings (SSSR count). The lowest BCUT2D eigenvalue weighted by Crippen LogP contribution is -2.30. The second-order valence-electron chi connectivity index (χ2n) is 12.4. The van der Waals surface area contributed by atoms with E-state index in [2.05, 4.69) is 18.4 Å². The van der Waals surface area contributed by atoms with Gasteiger partial charge in [-0.3, -0.25) is 13.8 Å². The van der Waals surface area contributed by atoms with Crippen molar-refractivity contribution in [3.63, 3.8) is 0 Å². The van der Waals surface area contributed by atoms with Gasteiger partial charge in [0, 0.05) is 6.42 Å². The van der Waals surface area contributed by atoms with Crippen molar-refractivity contribution in [2.75, 3.05) is 26.4 Å². The molecule has 0 aliphatic carbocycles. The highest BCUT2D eigenvalue weighted by Gasteiger charge is 2.27. The van der Waals surface area contributed by atoms with Crippen LogP contribution < -0.4 is 0 Å². The van der Waals surface area contributed by atoms with Gasteiger partial charge in [-0.25, -0.2) is 4.57 Å². The molecule has 0 bridgehead atoms. The van der Waals surface area contributed by atoms with E-state index in [9.17, 15) is 24.5 Å². The molecule has 2 unspecified atom stereocenters. The second-order valence-corrected chi connectivity index (χ2v) is 13.9. The van der Waals surface area contributed by atoms with Crippen molar-refractivity contribution >= 4 is 13.8 Å². The number of phosphoric acid groups is 1. The number of hydrogen-bond donors (Lipinski definition) is 4. The molecule has 4 atom stereocenters. The Morgan fingerprint density at radius 3 is 1.51 bits per heavy atom. The zero-order valence-electron chi connectivity index (χ0n) is 28.7. The van der Waals surface area contributed by atoms with E-state index in [0.29, 0.717) is 12.8 Å². The molecular formula is C34H69O10P. The van der Waals surface area contributed by atoms with Gasteiger partial charge < -0.3 is 29.7 Å². The molecule has 0 aliphatic heterocycles. The molecule has 11 heteroatoms. The van der Waals surface area contributed by atoms with Crippen molar-refractivity contribution in [1.82, 2.24) is 0 Å². The minimum absolute atomic E-state index is 0.206. The molecule has 0 aromatic heterocycles. The van der Waals surface area contributed by atoms with Gasteiger partial charge in [0.25, 0.3) is 0 Å². The minimum atomic E-state index is -4.57. The van der Waals surface area contributed by atoms with E-state index in [4.69, 9.17) is 19.1 Å². The van der Waals surface area contributed by atoms with Crippen molar-refractivity contribution in [1.29, 1.82) is 0 Å². The van der Waals surface area contributed by atoms with Crippen LogP contribution in [-0.2, 0) is 27.9 Å². The number of esters is 1. The predicted octanol–water partition coefficient (Wildman–Crippen LogP) is 8.12.